The molecule has 26 heavy (non-hydrogen) atoms. The number of hydrogen-bond acceptors (Lipinski definition) is 2. The second kappa shape index (κ2) is 7.16. The first-order valence-corrected chi connectivity index (χ1v) is 7.81. The lowest BCUT2D eigenvalue weighted by Crippen LogP contribution is -2.33. The van der Waals surface area contributed by atoms with Crippen molar-refractivity contribution >= 4 is 17.5 Å². The lowest BCUT2D eigenvalue weighted by molar-refractivity contribution is -0.143. The predicted molar refractivity (Wildman–Crippen MR) is 80.2 cm³/mol. The molecule has 1 unspecified atom stereocenters. The zero-order valence-corrected chi connectivity index (χ0v) is 13.7. The van der Waals surface area contributed by atoms with Gasteiger partial charge in [-0.25, -0.2) is 0 Å². The lowest BCUT2D eigenvalue weighted by Gasteiger charge is -2.20. The molecule has 0 radical (unpaired) electrons. The predicted octanol–water partition coefficient (Wildman–Crippen LogP) is 3.60. The van der Waals surface area contributed by atoms with E-state index in [2.05, 4.69) is 5.32 Å². The summed E-state index contributed by atoms with van der Waals surface area (Å²) in [6, 6.07) is 0.967. The summed E-state index contributed by atoms with van der Waals surface area (Å²) in [6.45, 7) is 1.91. The van der Waals surface area contributed by atoms with Crippen molar-refractivity contribution in [2.75, 3.05) is 18.0 Å². The van der Waals surface area contributed by atoms with Gasteiger partial charge in [-0.1, -0.05) is 6.92 Å². The molecule has 1 aromatic rings. The third-order valence-corrected chi connectivity index (χ3v) is 3.93. The van der Waals surface area contributed by atoms with Crippen LogP contribution in [0.4, 0.5) is 32.0 Å². The summed E-state index contributed by atoms with van der Waals surface area (Å²) in [5.41, 5.74) is -3.54. The van der Waals surface area contributed by atoms with E-state index < -0.39 is 46.9 Å². The maximum absolute atomic E-state index is 12.9. The molecule has 1 atom stereocenters. The minimum atomic E-state index is -5.00. The summed E-state index contributed by atoms with van der Waals surface area (Å²) in [5.74, 6) is -1.97. The van der Waals surface area contributed by atoms with Crippen molar-refractivity contribution in [2.45, 2.75) is 32.1 Å². The van der Waals surface area contributed by atoms with Crippen LogP contribution in [-0.2, 0) is 21.9 Å². The van der Waals surface area contributed by atoms with Crippen LogP contribution in [0.25, 0.3) is 0 Å². The van der Waals surface area contributed by atoms with Crippen LogP contribution in [0.5, 0.6) is 0 Å². The Kier molecular flexibility index (Phi) is 5.52. The van der Waals surface area contributed by atoms with E-state index in [1.54, 1.807) is 0 Å². The first-order valence-electron chi connectivity index (χ1n) is 7.81. The van der Waals surface area contributed by atoms with Gasteiger partial charge in [0.1, 0.15) is 0 Å². The molecule has 144 valence electrons. The molecule has 4 nitrogen and oxygen atoms in total. The molecule has 0 spiro atoms. The minimum absolute atomic E-state index is 0.00448. The molecular formula is C16H16F6N2O2. The second-order valence-corrected chi connectivity index (χ2v) is 5.96. The fraction of sp³-hybridized carbons (Fsp3) is 0.500. The Balaban J connectivity index is 2.35. The molecular weight excluding hydrogens is 366 g/mol. The highest BCUT2D eigenvalue weighted by Gasteiger charge is 2.40. The van der Waals surface area contributed by atoms with Crippen molar-refractivity contribution in [1.29, 1.82) is 0 Å². The third kappa shape index (κ3) is 4.47. The molecule has 1 heterocycles. The van der Waals surface area contributed by atoms with Crippen molar-refractivity contribution < 1.29 is 35.9 Å². The Morgan fingerprint density at radius 2 is 1.65 bits per heavy atom. The van der Waals surface area contributed by atoms with Gasteiger partial charge in [-0.2, -0.15) is 26.3 Å². The molecule has 1 aromatic carbocycles. The molecule has 0 aromatic heterocycles. The first kappa shape index (κ1) is 20.1. The molecule has 1 saturated heterocycles. The van der Waals surface area contributed by atoms with Gasteiger partial charge in [0.05, 0.1) is 17.0 Å². The molecule has 1 N–H and O–H groups in total. The van der Waals surface area contributed by atoms with Gasteiger partial charge in [-0.3, -0.25) is 9.59 Å². The van der Waals surface area contributed by atoms with E-state index in [0.29, 0.717) is 25.1 Å². The number of carbonyl (C=O) groups excluding carboxylic acids is 2. The third-order valence-electron chi connectivity index (χ3n) is 3.93. The first-order chi connectivity index (χ1) is 11.9. The summed E-state index contributed by atoms with van der Waals surface area (Å²) in [7, 11) is 0. The molecule has 0 bridgehead atoms. The fourth-order valence-corrected chi connectivity index (χ4v) is 2.62. The fourth-order valence-electron chi connectivity index (χ4n) is 2.62. The van der Waals surface area contributed by atoms with Crippen molar-refractivity contribution in [3.8, 4) is 0 Å². The highest BCUT2D eigenvalue weighted by molar-refractivity contribution is 6.00. The maximum atomic E-state index is 12.9. The standard InChI is InChI=1S/C16H16F6N2O2/c1-2-3-23-14(26)9-4-13(25)24(8-9)12-6-10(15(17,18)19)5-11(7-12)16(20,21)22/h5-7,9H,2-4,8H2,1H3,(H,23,26). The van der Waals surface area contributed by atoms with Crippen LogP contribution < -0.4 is 10.2 Å². The molecule has 0 saturated carbocycles. The van der Waals surface area contributed by atoms with Gasteiger partial charge in [0.25, 0.3) is 0 Å². The summed E-state index contributed by atoms with van der Waals surface area (Å²) in [4.78, 5) is 24.8. The van der Waals surface area contributed by atoms with Gasteiger partial charge in [0.15, 0.2) is 0 Å². The van der Waals surface area contributed by atoms with E-state index in [4.69, 9.17) is 0 Å². The number of carbonyl (C=O) groups is 2. The van der Waals surface area contributed by atoms with E-state index in [9.17, 15) is 35.9 Å². The van der Waals surface area contributed by atoms with E-state index in [-0.39, 0.29) is 19.0 Å². The summed E-state index contributed by atoms with van der Waals surface area (Å²) >= 11 is 0. The Hall–Kier alpha value is -2.26. The molecule has 1 fully saturated rings. The minimum Gasteiger partial charge on any atom is -0.356 e. The van der Waals surface area contributed by atoms with Crippen LogP contribution in [0.3, 0.4) is 0 Å². The zero-order valence-electron chi connectivity index (χ0n) is 13.7. The number of halogens is 6. The number of amides is 2. The number of anilines is 1. The van der Waals surface area contributed by atoms with Gasteiger partial charge in [-0.15, -0.1) is 0 Å². The summed E-state index contributed by atoms with van der Waals surface area (Å²) < 4.78 is 77.6. The van der Waals surface area contributed by atoms with Crippen LogP contribution in [0, 0.1) is 5.92 Å². The smallest absolute Gasteiger partial charge is 0.356 e. The second-order valence-electron chi connectivity index (χ2n) is 5.96. The zero-order chi connectivity index (χ0) is 19.7. The molecule has 0 aliphatic carbocycles. The quantitative estimate of drug-likeness (QED) is 0.809. The number of benzene rings is 1. The molecule has 2 amide bonds. The highest BCUT2D eigenvalue weighted by Crippen LogP contribution is 2.39. The van der Waals surface area contributed by atoms with Gasteiger partial charge in [0.2, 0.25) is 11.8 Å². The van der Waals surface area contributed by atoms with Crippen LogP contribution >= 0.6 is 0 Å². The Morgan fingerprint density at radius 1 is 1.12 bits per heavy atom. The van der Waals surface area contributed by atoms with Crippen LogP contribution in [-0.4, -0.2) is 24.9 Å². The summed E-state index contributed by atoms with van der Waals surface area (Å²) in [5, 5.41) is 2.56. The van der Waals surface area contributed by atoms with Crippen molar-refractivity contribution in [1.82, 2.24) is 5.32 Å². The van der Waals surface area contributed by atoms with Crippen molar-refractivity contribution in [3.63, 3.8) is 0 Å². The van der Waals surface area contributed by atoms with E-state index in [1.807, 2.05) is 6.92 Å². The van der Waals surface area contributed by atoms with Crippen molar-refractivity contribution in [3.05, 3.63) is 29.3 Å². The SMILES string of the molecule is CCCNC(=O)C1CC(=O)N(c2cc(C(F)(F)F)cc(C(F)(F)F)c2)C1. The van der Waals surface area contributed by atoms with E-state index in [0.717, 1.165) is 4.90 Å². The largest absolute Gasteiger partial charge is 0.416 e. The van der Waals surface area contributed by atoms with Gasteiger partial charge in [-0.05, 0) is 24.6 Å². The average Bonchev–Trinajstić information content (AvgIpc) is 2.92. The normalized spacial score (nSPS) is 18.3. The number of rotatable bonds is 4. The highest BCUT2D eigenvalue weighted by atomic mass is 19.4. The molecule has 2 rings (SSSR count). The molecule has 1 aliphatic heterocycles. The van der Waals surface area contributed by atoms with E-state index >= 15 is 0 Å². The molecule has 10 heteroatoms. The maximum Gasteiger partial charge on any atom is 0.416 e. The van der Waals surface area contributed by atoms with Gasteiger partial charge < -0.3 is 10.2 Å². The number of hydrogen-bond donors (Lipinski definition) is 1. The van der Waals surface area contributed by atoms with Crippen LogP contribution in [0.15, 0.2) is 18.2 Å². The molecule has 1 aliphatic rings. The van der Waals surface area contributed by atoms with Gasteiger partial charge >= 0.3 is 12.4 Å². The topological polar surface area (TPSA) is 49.4 Å². The van der Waals surface area contributed by atoms with Crippen molar-refractivity contribution in [2.24, 2.45) is 5.92 Å². The van der Waals surface area contributed by atoms with Crippen LogP contribution in [0.1, 0.15) is 30.9 Å². The van der Waals surface area contributed by atoms with E-state index in [1.165, 1.54) is 0 Å². The Bertz CT molecular complexity index is 667. The van der Waals surface area contributed by atoms with Gasteiger partial charge in [0, 0.05) is 25.2 Å². The number of nitrogens with one attached hydrogen (secondary N) is 1. The number of nitrogens with zero attached hydrogens (tertiary/aromatic N) is 1. The van der Waals surface area contributed by atoms with Crippen LogP contribution in [0.2, 0.25) is 0 Å². The lowest BCUT2D eigenvalue weighted by atomic mass is 10.1. The average molecular weight is 382 g/mol. The Labute approximate surface area is 145 Å². The summed E-state index contributed by atoms with van der Waals surface area (Å²) in [6.07, 6.45) is -9.63. The monoisotopic (exact) mass is 382 g/mol. The Morgan fingerprint density at radius 3 is 2.12 bits per heavy atom. The number of alkyl halides is 6.